The number of nitrogens with two attached hydrogens (primary N) is 1. The van der Waals surface area contributed by atoms with Gasteiger partial charge in [0.1, 0.15) is 5.54 Å². The van der Waals surface area contributed by atoms with Gasteiger partial charge in [-0.1, -0.05) is 6.07 Å². The van der Waals surface area contributed by atoms with Crippen molar-refractivity contribution >= 4 is 5.97 Å². The van der Waals surface area contributed by atoms with E-state index in [0.717, 1.165) is 5.69 Å². The summed E-state index contributed by atoms with van der Waals surface area (Å²) >= 11 is 0. The Balaban J connectivity index is 2.01. The average molecular weight is 251 g/mol. The molecule has 1 fully saturated rings. The predicted octanol–water partition coefficient (Wildman–Crippen LogP) is 0.0780. The summed E-state index contributed by atoms with van der Waals surface area (Å²) in [6.07, 6.45) is 0.465. The molecule has 0 spiro atoms. The summed E-state index contributed by atoms with van der Waals surface area (Å²) in [5.41, 5.74) is 5.54. The Morgan fingerprint density at radius 3 is 3.06 bits per heavy atom. The van der Waals surface area contributed by atoms with Crippen molar-refractivity contribution in [3.05, 3.63) is 23.9 Å². The molecule has 1 saturated heterocycles. The van der Waals surface area contributed by atoms with E-state index in [-0.39, 0.29) is 0 Å². The van der Waals surface area contributed by atoms with Gasteiger partial charge in [0.2, 0.25) is 5.88 Å². The highest BCUT2D eigenvalue weighted by Gasteiger charge is 2.41. The molecule has 6 heteroatoms. The van der Waals surface area contributed by atoms with E-state index in [1.807, 2.05) is 17.0 Å². The highest BCUT2D eigenvalue weighted by molar-refractivity contribution is 5.79. The first-order chi connectivity index (χ1) is 8.53. The second-order valence-electron chi connectivity index (χ2n) is 4.59. The molecule has 1 aliphatic heterocycles. The molecule has 2 heterocycles. The highest BCUT2D eigenvalue weighted by Crippen LogP contribution is 2.21. The van der Waals surface area contributed by atoms with Crippen molar-refractivity contribution in [3.63, 3.8) is 0 Å². The minimum absolute atomic E-state index is 0.348. The van der Waals surface area contributed by atoms with Crippen LogP contribution < -0.4 is 10.5 Å². The van der Waals surface area contributed by atoms with Gasteiger partial charge in [-0.05, 0) is 12.5 Å². The summed E-state index contributed by atoms with van der Waals surface area (Å²) in [6.45, 7) is 1.60. The number of nitrogens with zero attached hydrogens (tertiary/aromatic N) is 2. The lowest BCUT2D eigenvalue weighted by Gasteiger charge is -2.19. The van der Waals surface area contributed by atoms with E-state index >= 15 is 0 Å². The van der Waals surface area contributed by atoms with Crippen molar-refractivity contribution in [2.75, 3.05) is 20.2 Å². The number of hydrogen-bond acceptors (Lipinski definition) is 5. The van der Waals surface area contributed by atoms with Gasteiger partial charge < -0.3 is 15.6 Å². The number of aromatic nitrogens is 1. The van der Waals surface area contributed by atoms with Gasteiger partial charge >= 0.3 is 5.97 Å². The smallest absolute Gasteiger partial charge is 0.325 e. The molecular weight excluding hydrogens is 234 g/mol. The monoisotopic (exact) mass is 251 g/mol. The van der Waals surface area contributed by atoms with Crippen LogP contribution in [0.3, 0.4) is 0 Å². The fourth-order valence-electron chi connectivity index (χ4n) is 2.11. The fourth-order valence-corrected chi connectivity index (χ4v) is 2.11. The number of likely N-dealkylation sites (tertiary alicyclic amines) is 1. The normalized spacial score (nSPS) is 24.1. The Kier molecular flexibility index (Phi) is 3.49. The molecule has 1 aromatic rings. The van der Waals surface area contributed by atoms with Crippen LogP contribution in [0.25, 0.3) is 0 Å². The Morgan fingerprint density at radius 1 is 1.67 bits per heavy atom. The van der Waals surface area contributed by atoms with Crippen LogP contribution in [-0.4, -0.2) is 46.7 Å². The SMILES string of the molecule is COc1cccc(CN2CCC(N)(C(=O)O)C2)n1. The van der Waals surface area contributed by atoms with Gasteiger partial charge in [-0.25, -0.2) is 4.98 Å². The van der Waals surface area contributed by atoms with Crippen LogP contribution in [0, 0.1) is 0 Å². The molecule has 6 nitrogen and oxygen atoms in total. The maximum Gasteiger partial charge on any atom is 0.325 e. The largest absolute Gasteiger partial charge is 0.481 e. The lowest BCUT2D eigenvalue weighted by atomic mass is 10.0. The number of ether oxygens (including phenoxy) is 1. The topological polar surface area (TPSA) is 88.7 Å². The van der Waals surface area contributed by atoms with Crippen molar-refractivity contribution in [3.8, 4) is 5.88 Å². The van der Waals surface area contributed by atoms with Crippen LogP contribution in [0.2, 0.25) is 0 Å². The minimum atomic E-state index is -1.13. The van der Waals surface area contributed by atoms with Crippen molar-refractivity contribution in [1.82, 2.24) is 9.88 Å². The number of methoxy groups -OCH3 is 1. The zero-order valence-corrected chi connectivity index (χ0v) is 10.3. The lowest BCUT2D eigenvalue weighted by molar-refractivity contribution is -0.142. The summed E-state index contributed by atoms with van der Waals surface area (Å²) in [5, 5.41) is 9.05. The molecule has 98 valence electrons. The average Bonchev–Trinajstić information content (AvgIpc) is 2.72. The van der Waals surface area contributed by atoms with E-state index in [0.29, 0.717) is 31.9 Å². The molecule has 1 atom stereocenters. The highest BCUT2D eigenvalue weighted by atomic mass is 16.5. The first-order valence-electron chi connectivity index (χ1n) is 5.78. The second kappa shape index (κ2) is 4.91. The summed E-state index contributed by atoms with van der Waals surface area (Å²) in [5.74, 6) is -0.382. The van der Waals surface area contributed by atoms with Gasteiger partial charge in [0.15, 0.2) is 0 Å². The molecule has 0 radical (unpaired) electrons. The van der Waals surface area contributed by atoms with E-state index in [9.17, 15) is 4.79 Å². The third-order valence-corrected chi connectivity index (χ3v) is 3.18. The molecule has 0 aliphatic carbocycles. The molecule has 1 aromatic heterocycles. The summed E-state index contributed by atoms with van der Waals surface area (Å²) in [7, 11) is 1.57. The molecule has 3 N–H and O–H groups in total. The first kappa shape index (κ1) is 12.8. The van der Waals surface area contributed by atoms with Crippen LogP contribution in [0.15, 0.2) is 18.2 Å². The fraction of sp³-hybridized carbons (Fsp3) is 0.500. The van der Waals surface area contributed by atoms with Gasteiger partial charge in [-0.15, -0.1) is 0 Å². The summed E-state index contributed by atoms with van der Waals surface area (Å²) in [6, 6.07) is 5.53. The van der Waals surface area contributed by atoms with Gasteiger partial charge in [0.25, 0.3) is 0 Å². The molecule has 2 rings (SSSR count). The van der Waals surface area contributed by atoms with E-state index in [4.69, 9.17) is 15.6 Å². The second-order valence-corrected chi connectivity index (χ2v) is 4.59. The number of pyridine rings is 1. The van der Waals surface area contributed by atoms with E-state index < -0.39 is 11.5 Å². The van der Waals surface area contributed by atoms with Crippen LogP contribution in [-0.2, 0) is 11.3 Å². The zero-order valence-electron chi connectivity index (χ0n) is 10.3. The van der Waals surface area contributed by atoms with E-state index in [1.165, 1.54) is 0 Å². The van der Waals surface area contributed by atoms with Gasteiger partial charge in [0, 0.05) is 25.7 Å². The standard InChI is InChI=1S/C12H17N3O3/c1-18-10-4-2-3-9(14-10)7-15-6-5-12(13,8-15)11(16)17/h2-4H,5-8,13H2,1H3,(H,16,17). The van der Waals surface area contributed by atoms with Crippen molar-refractivity contribution < 1.29 is 14.6 Å². The number of carboxylic acid groups (broad SMARTS) is 1. The Bertz CT molecular complexity index is 452. The first-order valence-corrected chi connectivity index (χ1v) is 5.78. The van der Waals surface area contributed by atoms with Crippen LogP contribution in [0.4, 0.5) is 0 Å². The van der Waals surface area contributed by atoms with Gasteiger partial charge in [-0.2, -0.15) is 0 Å². The minimum Gasteiger partial charge on any atom is -0.481 e. The summed E-state index contributed by atoms with van der Waals surface area (Å²) < 4.78 is 5.05. The predicted molar refractivity (Wildman–Crippen MR) is 65.2 cm³/mol. The number of carboxylic acids is 1. The number of rotatable bonds is 4. The quantitative estimate of drug-likeness (QED) is 0.787. The van der Waals surface area contributed by atoms with Crippen molar-refractivity contribution in [2.24, 2.45) is 5.73 Å². The zero-order chi connectivity index (χ0) is 13.2. The third kappa shape index (κ3) is 2.60. The Hall–Kier alpha value is -1.66. The Morgan fingerprint density at radius 2 is 2.44 bits per heavy atom. The molecule has 0 aromatic carbocycles. The number of aliphatic carboxylic acids is 1. The number of carbonyl (C=O) groups is 1. The van der Waals surface area contributed by atoms with E-state index in [2.05, 4.69) is 4.98 Å². The maximum absolute atomic E-state index is 11.0. The molecule has 18 heavy (non-hydrogen) atoms. The molecule has 1 unspecified atom stereocenters. The summed E-state index contributed by atoms with van der Waals surface area (Å²) in [4.78, 5) is 17.3. The number of hydrogen-bond donors (Lipinski definition) is 2. The molecule has 0 bridgehead atoms. The van der Waals surface area contributed by atoms with Gasteiger partial charge in [0.05, 0.1) is 12.8 Å². The maximum atomic E-state index is 11.0. The molecular formula is C12H17N3O3. The Labute approximate surface area is 105 Å². The van der Waals surface area contributed by atoms with Crippen LogP contribution in [0.5, 0.6) is 5.88 Å². The van der Waals surface area contributed by atoms with Crippen LogP contribution in [0.1, 0.15) is 12.1 Å². The molecule has 0 amide bonds. The van der Waals surface area contributed by atoms with E-state index in [1.54, 1.807) is 13.2 Å². The lowest BCUT2D eigenvalue weighted by Crippen LogP contribution is -2.50. The molecule has 1 aliphatic rings. The van der Waals surface area contributed by atoms with Gasteiger partial charge in [-0.3, -0.25) is 9.69 Å². The van der Waals surface area contributed by atoms with Crippen molar-refractivity contribution in [1.29, 1.82) is 0 Å². The third-order valence-electron chi connectivity index (χ3n) is 3.18. The molecule has 0 saturated carbocycles. The van der Waals surface area contributed by atoms with Crippen molar-refractivity contribution in [2.45, 2.75) is 18.5 Å². The van der Waals surface area contributed by atoms with Crippen LogP contribution >= 0.6 is 0 Å².